The molecule has 0 saturated carbocycles. The van der Waals surface area contributed by atoms with Gasteiger partial charge in [-0.3, -0.25) is 9.48 Å². The number of nitrogens with zero attached hydrogens (tertiary/aromatic N) is 3. The predicted molar refractivity (Wildman–Crippen MR) is 70.0 cm³/mol. The first-order valence-electron chi connectivity index (χ1n) is 5.77. The van der Waals surface area contributed by atoms with Gasteiger partial charge in [0.1, 0.15) is 0 Å². The standard InChI is InChI=1S/C14H13N3O/c1-10(18)13-9-17(11-7-15-16(2)8-11)14-6-4-3-5-12(13)14/h3-9H,1-2H3. The van der Waals surface area contributed by atoms with Crippen LogP contribution in [0.15, 0.2) is 42.9 Å². The predicted octanol–water partition coefficient (Wildman–Crippen LogP) is 2.57. The Kier molecular flexibility index (Phi) is 2.30. The number of carbonyl (C=O) groups excluding carboxylic acids is 1. The Hall–Kier alpha value is -2.36. The molecular weight excluding hydrogens is 226 g/mol. The van der Waals surface area contributed by atoms with Crippen LogP contribution < -0.4 is 0 Å². The van der Waals surface area contributed by atoms with E-state index in [9.17, 15) is 4.79 Å². The van der Waals surface area contributed by atoms with Crippen molar-refractivity contribution in [1.82, 2.24) is 14.3 Å². The van der Waals surface area contributed by atoms with Crippen molar-refractivity contribution < 1.29 is 4.79 Å². The molecule has 0 amide bonds. The van der Waals surface area contributed by atoms with Gasteiger partial charge in [0.05, 0.1) is 17.4 Å². The van der Waals surface area contributed by atoms with Crippen molar-refractivity contribution in [3.63, 3.8) is 0 Å². The maximum Gasteiger partial charge on any atom is 0.161 e. The summed E-state index contributed by atoms with van der Waals surface area (Å²) in [4.78, 5) is 11.7. The van der Waals surface area contributed by atoms with Gasteiger partial charge in [0, 0.05) is 30.4 Å². The number of Topliss-reactive ketones (excluding diaryl/α,β-unsaturated/α-hetero) is 1. The molecule has 0 radical (unpaired) electrons. The topological polar surface area (TPSA) is 39.8 Å². The molecule has 0 spiro atoms. The second-order valence-corrected chi connectivity index (χ2v) is 4.36. The van der Waals surface area contributed by atoms with E-state index in [2.05, 4.69) is 5.10 Å². The van der Waals surface area contributed by atoms with Gasteiger partial charge in [0.15, 0.2) is 5.78 Å². The van der Waals surface area contributed by atoms with E-state index in [1.54, 1.807) is 17.8 Å². The van der Waals surface area contributed by atoms with Crippen LogP contribution in [0.2, 0.25) is 0 Å². The average Bonchev–Trinajstić information content (AvgIpc) is 2.92. The maximum absolute atomic E-state index is 11.7. The molecule has 0 unspecified atom stereocenters. The minimum atomic E-state index is 0.0776. The maximum atomic E-state index is 11.7. The van der Waals surface area contributed by atoms with Crippen LogP contribution in [0.25, 0.3) is 16.6 Å². The van der Waals surface area contributed by atoms with Crippen LogP contribution >= 0.6 is 0 Å². The molecule has 0 aliphatic carbocycles. The zero-order valence-electron chi connectivity index (χ0n) is 10.3. The van der Waals surface area contributed by atoms with E-state index < -0.39 is 0 Å². The number of aryl methyl sites for hydroxylation is 1. The number of benzene rings is 1. The van der Waals surface area contributed by atoms with Gasteiger partial charge in [-0.05, 0) is 13.0 Å². The highest BCUT2D eigenvalue weighted by atomic mass is 16.1. The summed E-state index contributed by atoms with van der Waals surface area (Å²) >= 11 is 0. The molecule has 4 nitrogen and oxygen atoms in total. The van der Waals surface area contributed by atoms with Crippen molar-refractivity contribution >= 4 is 16.7 Å². The Morgan fingerprint density at radius 3 is 2.67 bits per heavy atom. The third kappa shape index (κ3) is 1.54. The van der Waals surface area contributed by atoms with E-state index in [-0.39, 0.29) is 5.78 Å². The van der Waals surface area contributed by atoms with Gasteiger partial charge in [0.25, 0.3) is 0 Å². The molecule has 3 rings (SSSR count). The molecule has 18 heavy (non-hydrogen) atoms. The molecule has 2 aromatic heterocycles. The molecule has 0 atom stereocenters. The molecule has 0 fully saturated rings. The van der Waals surface area contributed by atoms with Crippen LogP contribution in [-0.4, -0.2) is 20.1 Å². The number of hydrogen-bond donors (Lipinski definition) is 0. The Morgan fingerprint density at radius 1 is 1.22 bits per heavy atom. The van der Waals surface area contributed by atoms with Crippen molar-refractivity contribution in [3.05, 3.63) is 48.4 Å². The number of fused-ring (bicyclic) bond motifs is 1. The third-order valence-corrected chi connectivity index (χ3v) is 3.06. The normalized spacial score (nSPS) is 11.0. The number of rotatable bonds is 2. The van der Waals surface area contributed by atoms with Crippen LogP contribution in [0.5, 0.6) is 0 Å². The lowest BCUT2D eigenvalue weighted by Crippen LogP contribution is -1.91. The number of aromatic nitrogens is 3. The summed E-state index contributed by atoms with van der Waals surface area (Å²) in [5.41, 5.74) is 2.73. The monoisotopic (exact) mass is 239 g/mol. The molecule has 2 heterocycles. The summed E-state index contributed by atoms with van der Waals surface area (Å²) in [6.45, 7) is 1.59. The molecule has 0 N–H and O–H groups in total. The minimum Gasteiger partial charge on any atom is -0.313 e. The minimum absolute atomic E-state index is 0.0776. The van der Waals surface area contributed by atoms with Crippen molar-refractivity contribution in [2.75, 3.05) is 0 Å². The Labute approximate surface area is 104 Å². The zero-order valence-corrected chi connectivity index (χ0v) is 10.3. The summed E-state index contributed by atoms with van der Waals surface area (Å²) in [6.07, 6.45) is 5.59. The first-order chi connectivity index (χ1) is 8.66. The van der Waals surface area contributed by atoms with E-state index in [1.165, 1.54) is 0 Å². The summed E-state index contributed by atoms with van der Waals surface area (Å²) in [5.74, 6) is 0.0776. The van der Waals surface area contributed by atoms with Gasteiger partial charge < -0.3 is 4.57 Å². The lowest BCUT2D eigenvalue weighted by atomic mass is 10.1. The Bertz CT molecular complexity index is 736. The summed E-state index contributed by atoms with van der Waals surface area (Å²) in [5, 5.41) is 5.15. The first-order valence-corrected chi connectivity index (χ1v) is 5.77. The number of hydrogen-bond acceptors (Lipinski definition) is 2. The van der Waals surface area contributed by atoms with E-state index in [4.69, 9.17) is 0 Å². The fraction of sp³-hybridized carbons (Fsp3) is 0.143. The van der Waals surface area contributed by atoms with Crippen molar-refractivity contribution in [2.45, 2.75) is 6.92 Å². The van der Waals surface area contributed by atoms with Crippen LogP contribution in [0.3, 0.4) is 0 Å². The number of para-hydroxylation sites is 1. The van der Waals surface area contributed by atoms with E-state index >= 15 is 0 Å². The summed E-state index contributed by atoms with van der Waals surface area (Å²) < 4.78 is 3.75. The van der Waals surface area contributed by atoms with Gasteiger partial charge in [-0.1, -0.05) is 18.2 Å². The molecular formula is C14H13N3O. The number of carbonyl (C=O) groups is 1. The molecule has 3 aromatic rings. The fourth-order valence-corrected chi connectivity index (χ4v) is 2.21. The van der Waals surface area contributed by atoms with Gasteiger partial charge >= 0.3 is 0 Å². The highest BCUT2D eigenvalue weighted by Crippen LogP contribution is 2.24. The lowest BCUT2D eigenvalue weighted by Gasteiger charge is -1.99. The summed E-state index contributed by atoms with van der Waals surface area (Å²) in [7, 11) is 1.88. The second-order valence-electron chi connectivity index (χ2n) is 4.36. The molecule has 4 heteroatoms. The molecule has 1 aromatic carbocycles. The van der Waals surface area contributed by atoms with E-state index in [0.717, 1.165) is 22.2 Å². The largest absolute Gasteiger partial charge is 0.313 e. The highest BCUT2D eigenvalue weighted by Gasteiger charge is 2.12. The Balaban J connectivity index is 2.33. The Morgan fingerprint density at radius 2 is 2.00 bits per heavy atom. The van der Waals surface area contributed by atoms with Crippen molar-refractivity contribution in [2.24, 2.45) is 7.05 Å². The molecule has 0 saturated heterocycles. The van der Waals surface area contributed by atoms with Gasteiger partial charge in [-0.15, -0.1) is 0 Å². The van der Waals surface area contributed by atoms with Gasteiger partial charge in [-0.2, -0.15) is 5.10 Å². The average molecular weight is 239 g/mol. The van der Waals surface area contributed by atoms with Crippen molar-refractivity contribution in [3.8, 4) is 5.69 Å². The lowest BCUT2D eigenvalue weighted by molar-refractivity contribution is 0.101. The fourth-order valence-electron chi connectivity index (χ4n) is 2.21. The van der Waals surface area contributed by atoms with Crippen LogP contribution in [-0.2, 0) is 7.05 Å². The molecule has 0 aliphatic rings. The number of ketones is 1. The van der Waals surface area contributed by atoms with Gasteiger partial charge in [-0.25, -0.2) is 0 Å². The highest BCUT2D eigenvalue weighted by molar-refractivity contribution is 6.07. The van der Waals surface area contributed by atoms with E-state index in [1.807, 2.05) is 48.3 Å². The SMILES string of the molecule is CC(=O)c1cn(-c2cnn(C)c2)c2ccccc12. The third-order valence-electron chi connectivity index (χ3n) is 3.06. The first kappa shape index (κ1) is 10.8. The van der Waals surface area contributed by atoms with Crippen LogP contribution in [0.1, 0.15) is 17.3 Å². The van der Waals surface area contributed by atoms with Crippen LogP contribution in [0, 0.1) is 0 Å². The van der Waals surface area contributed by atoms with Crippen LogP contribution in [0.4, 0.5) is 0 Å². The van der Waals surface area contributed by atoms with E-state index in [0.29, 0.717) is 0 Å². The quantitative estimate of drug-likeness (QED) is 0.645. The molecule has 0 aliphatic heterocycles. The van der Waals surface area contributed by atoms with Gasteiger partial charge in [0.2, 0.25) is 0 Å². The second kappa shape index (κ2) is 3.84. The van der Waals surface area contributed by atoms with Crippen molar-refractivity contribution in [1.29, 1.82) is 0 Å². The smallest absolute Gasteiger partial charge is 0.161 e. The molecule has 0 bridgehead atoms. The molecule has 90 valence electrons. The zero-order chi connectivity index (χ0) is 12.7. The summed E-state index contributed by atoms with van der Waals surface area (Å²) in [6, 6.07) is 7.90.